The summed E-state index contributed by atoms with van der Waals surface area (Å²) in [6.07, 6.45) is -0.330. The Balaban J connectivity index is 2.75. The van der Waals surface area contributed by atoms with E-state index in [0.29, 0.717) is 0 Å². The molecule has 1 fully saturated rings. The molecular weight excluding hydrogens is 213 g/mol. The standard InChI is InChI=1S/C7H12FNO4S/c1-5(4-10)9-3-6(2-7(9)11)14(8,12)13/h5-6,10H,2-4H2,1H3/t5-,6?/m0/s1. The fourth-order valence-corrected chi connectivity index (χ4v) is 2.09. The lowest BCUT2D eigenvalue weighted by atomic mass is 10.3. The second-order valence-electron chi connectivity index (χ2n) is 3.38. The van der Waals surface area contributed by atoms with E-state index in [9.17, 15) is 17.1 Å². The number of rotatable bonds is 3. The van der Waals surface area contributed by atoms with Crippen LogP contribution in [0.2, 0.25) is 0 Å². The average molecular weight is 225 g/mol. The fourth-order valence-electron chi connectivity index (χ4n) is 1.41. The molecule has 1 unspecified atom stereocenters. The summed E-state index contributed by atoms with van der Waals surface area (Å²) in [5.74, 6) is -0.433. The summed E-state index contributed by atoms with van der Waals surface area (Å²) < 4.78 is 33.6. The number of hydrogen-bond acceptors (Lipinski definition) is 4. The normalized spacial score (nSPS) is 25.5. The Morgan fingerprint density at radius 1 is 1.71 bits per heavy atom. The van der Waals surface area contributed by atoms with Crippen molar-refractivity contribution in [3.05, 3.63) is 0 Å². The van der Waals surface area contributed by atoms with Crippen molar-refractivity contribution in [3.8, 4) is 0 Å². The van der Waals surface area contributed by atoms with E-state index in [0.717, 1.165) is 0 Å². The molecule has 0 radical (unpaired) electrons. The molecule has 2 atom stereocenters. The molecule has 0 saturated carbocycles. The highest BCUT2D eigenvalue weighted by atomic mass is 32.3. The number of halogens is 1. The average Bonchev–Trinajstić information content (AvgIpc) is 2.45. The molecule has 7 heteroatoms. The van der Waals surface area contributed by atoms with Crippen molar-refractivity contribution in [1.82, 2.24) is 4.90 Å². The van der Waals surface area contributed by atoms with E-state index >= 15 is 0 Å². The van der Waals surface area contributed by atoms with Gasteiger partial charge in [-0.05, 0) is 6.92 Å². The number of likely N-dealkylation sites (tertiary alicyclic amines) is 1. The van der Waals surface area contributed by atoms with E-state index in [1.807, 2.05) is 0 Å². The highest BCUT2D eigenvalue weighted by Gasteiger charge is 2.39. The third-order valence-corrected chi connectivity index (χ3v) is 3.43. The highest BCUT2D eigenvalue weighted by molar-refractivity contribution is 7.87. The first-order valence-electron chi connectivity index (χ1n) is 4.20. The van der Waals surface area contributed by atoms with Gasteiger partial charge >= 0.3 is 10.2 Å². The summed E-state index contributed by atoms with van der Waals surface area (Å²) in [6, 6.07) is -0.464. The predicted molar refractivity (Wildman–Crippen MR) is 46.7 cm³/mol. The van der Waals surface area contributed by atoms with Crippen LogP contribution in [-0.4, -0.2) is 48.8 Å². The number of amides is 1. The summed E-state index contributed by atoms with van der Waals surface area (Å²) in [6.45, 7) is 1.15. The topological polar surface area (TPSA) is 74.7 Å². The molecule has 0 aromatic heterocycles. The smallest absolute Gasteiger partial charge is 0.307 e. The first-order valence-corrected chi connectivity index (χ1v) is 5.64. The largest absolute Gasteiger partial charge is 0.394 e. The van der Waals surface area contributed by atoms with Crippen LogP contribution in [0.1, 0.15) is 13.3 Å². The Hall–Kier alpha value is -0.690. The number of hydrogen-bond donors (Lipinski definition) is 1. The van der Waals surface area contributed by atoms with Crippen molar-refractivity contribution in [3.63, 3.8) is 0 Å². The number of carbonyl (C=O) groups excluding carboxylic acids is 1. The number of nitrogens with zero attached hydrogens (tertiary/aromatic N) is 1. The van der Waals surface area contributed by atoms with Gasteiger partial charge in [-0.25, -0.2) is 0 Å². The molecule has 0 aromatic rings. The van der Waals surface area contributed by atoms with Crippen LogP contribution in [-0.2, 0) is 15.0 Å². The van der Waals surface area contributed by atoms with Crippen LogP contribution in [0, 0.1) is 0 Å². The molecule has 0 aliphatic carbocycles. The molecule has 1 saturated heterocycles. The lowest BCUT2D eigenvalue weighted by molar-refractivity contribution is -0.130. The van der Waals surface area contributed by atoms with Crippen LogP contribution in [0.5, 0.6) is 0 Å². The van der Waals surface area contributed by atoms with Crippen LogP contribution in [0.4, 0.5) is 3.89 Å². The second kappa shape index (κ2) is 3.82. The van der Waals surface area contributed by atoms with Gasteiger partial charge in [0.05, 0.1) is 12.6 Å². The molecule has 5 nitrogen and oxygen atoms in total. The zero-order valence-corrected chi connectivity index (χ0v) is 8.50. The highest BCUT2D eigenvalue weighted by Crippen LogP contribution is 2.21. The van der Waals surface area contributed by atoms with Crippen LogP contribution in [0.15, 0.2) is 0 Å². The maximum absolute atomic E-state index is 12.5. The third kappa shape index (κ3) is 2.21. The van der Waals surface area contributed by atoms with Crippen LogP contribution >= 0.6 is 0 Å². The Kier molecular flexibility index (Phi) is 3.10. The number of aliphatic hydroxyl groups is 1. The molecule has 1 rings (SSSR count). The fraction of sp³-hybridized carbons (Fsp3) is 0.857. The van der Waals surface area contributed by atoms with Crippen molar-refractivity contribution in [2.45, 2.75) is 24.6 Å². The second-order valence-corrected chi connectivity index (χ2v) is 5.00. The summed E-state index contributed by atoms with van der Waals surface area (Å²) in [7, 11) is -4.65. The van der Waals surface area contributed by atoms with Crippen molar-refractivity contribution in [2.24, 2.45) is 0 Å². The SMILES string of the molecule is C[C@@H](CO)N1CC(S(=O)(=O)F)CC1=O. The molecule has 14 heavy (non-hydrogen) atoms. The minimum Gasteiger partial charge on any atom is -0.394 e. The Morgan fingerprint density at radius 2 is 2.29 bits per heavy atom. The van der Waals surface area contributed by atoms with Gasteiger partial charge in [0.2, 0.25) is 5.91 Å². The number of aliphatic hydroxyl groups excluding tert-OH is 1. The summed E-state index contributed by atoms with van der Waals surface area (Å²) in [4.78, 5) is 12.4. The van der Waals surface area contributed by atoms with E-state index in [4.69, 9.17) is 5.11 Å². The van der Waals surface area contributed by atoms with Gasteiger partial charge in [-0.2, -0.15) is 8.42 Å². The van der Waals surface area contributed by atoms with Gasteiger partial charge in [-0.3, -0.25) is 4.79 Å². The van der Waals surface area contributed by atoms with Crippen molar-refractivity contribution in [1.29, 1.82) is 0 Å². The van der Waals surface area contributed by atoms with Crippen molar-refractivity contribution in [2.75, 3.05) is 13.2 Å². The van der Waals surface area contributed by atoms with Gasteiger partial charge in [0.15, 0.2) is 0 Å². The minimum atomic E-state index is -4.65. The summed E-state index contributed by atoms with van der Waals surface area (Å²) in [5.41, 5.74) is 0. The first-order chi connectivity index (χ1) is 6.36. The van der Waals surface area contributed by atoms with E-state index in [1.165, 1.54) is 4.90 Å². The molecular formula is C7H12FNO4S. The van der Waals surface area contributed by atoms with Gasteiger partial charge in [-0.1, -0.05) is 0 Å². The maximum atomic E-state index is 12.5. The minimum absolute atomic E-state index is 0.167. The Bertz CT molecular complexity index is 329. The Labute approximate surface area is 81.7 Å². The van der Waals surface area contributed by atoms with Crippen LogP contribution in [0.3, 0.4) is 0 Å². The zero-order chi connectivity index (χ0) is 10.9. The molecule has 1 aliphatic heterocycles. The lowest BCUT2D eigenvalue weighted by Gasteiger charge is -2.22. The molecule has 0 aromatic carbocycles. The Morgan fingerprint density at radius 3 is 2.64 bits per heavy atom. The van der Waals surface area contributed by atoms with Crippen LogP contribution in [0.25, 0.3) is 0 Å². The summed E-state index contributed by atoms with van der Waals surface area (Å²) in [5, 5.41) is 7.49. The van der Waals surface area contributed by atoms with Gasteiger partial charge in [0.1, 0.15) is 5.25 Å². The molecule has 1 N–H and O–H groups in total. The van der Waals surface area contributed by atoms with Gasteiger partial charge in [0.25, 0.3) is 0 Å². The molecule has 1 heterocycles. The monoisotopic (exact) mass is 225 g/mol. The van der Waals surface area contributed by atoms with Gasteiger partial charge in [0, 0.05) is 13.0 Å². The first kappa shape index (κ1) is 11.4. The van der Waals surface area contributed by atoms with E-state index in [-0.39, 0.29) is 19.6 Å². The maximum Gasteiger partial charge on any atom is 0.307 e. The molecule has 0 spiro atoms. The van der Waals surface area contributed by atoms with Crippen LogP contribution < -0.4 is 0 Å². The predicted octanol–water partition coefficient (Wildman–Crippen LogP) is -0.733. The van der Waals surface area contributed by atoms with Crippen molar-refractivity contribution >= 4 is 16.1 Å². The quantitative estimate of drug-likeness (QED) is 0.642. The molecule has 1 aliphatic rings. The van der Waals surface area contributed by atoms with E-state index in [1.54, 1.807) is 6.92 Å². The van der Waals surface area contributed by atoms with E-state index in [2.05, 4.69) is 0 Å². The van der Waals surface area contributed by atoms with E-state index < -0.39 is 27.4 Å². The third-order valence-electron chi connectivity index (χ3n) is 2.32. The van der Waals surface area contributed by atoms with Gasteiger partial charge < -0.3 is 10.0 Å². The van der Waals surface area contributed by atoms with Crippen molar-refractivity contribution < 1.29 is 22.2 Å². The molecule has 1 amide bonds. The van der Waals surface area contributed by atoms with Gasteiger partial charge in [-0.15, -0.1) is 3.89 Å². The summed E-state index contributed by atoms with van der Waals surface area (Å²) >= 11 is 0. The zero-order valence-electron chi connectivity index (χ0n) is 7.68. The molecule has 82 valence electrons. The molecule has 0 bridgehead atoms. The lowest BCUT2D eigenvalue weighted by Crippen LogP contribution is -2.37. The number of carbonyl (C=O) groups is 1.